The molecular formula is C24H25BrN2O3S. The molecule has 0 radical (unpaired) electrons. The minimum Gasteiger partial charge on any atom is -0.508 e. The van der Waals surface area contributed by atoms with Crippen molar-refractivity contribution in [2.45, 2.75) is 23.3 Å². The van der Waals surface area contributed by atoms with Gasteiger partial charge in [-0.1, -0.05) is 40.2 Å². The van der Waals surface area contributed by atoms with Gasteiger partial charge in [0.15, 0.2) is 0 Å². The molecule has 1 aliphatic carbocycles. The summed E-state index contributed by atoms with van der Waals surface area (Å²) in [7, 11) is -3.67. The number of anilines is 1. The van der Waals surface area contributed by atoms with Crippen molar-refractivity contribution >= 4 is 31.6 Å². The second-order valence-electron chi connectivity index (χ2n) is 7.83. The van der Waals surface area contributed by atoms with Gasteiger partial charge in [0.25, 0.3) is 0 Å². The normalized spacial score (nSPS) is 21.9. The van der Waals surface area contributed by atoms with Gasteiger partial charge in [-0.15, -0.1) is 13.2 Å². The first kappa shape index (κ1) is 21.9. The summed E-state index contributed by atoms with van der Waals surface area (Å²) >= 11 is 3.50. The number of rotatable bonds is 7. The number of nitrogens with one attached hydrogen (secondary N) is 1. The van der Waals surface area contributed by atoms with Crippen LogP contribution in [0.25, 0.3) is 0 Å². The van der Waals surface area contributed by atoms with Crippen LogP contribution in [0.1, 0.15) is 29.5 Å². The molecule has 3 atom stereocenters. The van der Waals surface area contributed by atoms with Gasteiger partial charge >= 0.3 is 0 Å². The molecule has 7 heteroatoms. The number of hydrogen-bond acceptors (Lipinski definition) is 4. The molecule has 2 N–H and O–H groups in total. The van der Waals surface area contributed by atoms with Crippen LogP contribution in [0.3, 0.4) is 0 Å². The summed E-state index contributed by atoms with van der Waals surface area (Å²) in [6.07, 6.45) is 8.28. The Morgan fingerprint density at radius 3 is 2.58 bits per heavy atom. The van der Waals surface area contributed by atoms with Gasteiger partial charge in [0.05, 0.1) is 10.9 Å². The molecule has 4 rings (SSSR count). The third-order valence-electron chi connectivity index (χ3n) is 5.96. The number of nitrogens with zero attached hydrogens (tertiary/aromatic N) is 1. The molecule has 1 heterocycles. The summed E-state index contributed by atoms with van der Waals surface area (Å²) in [6.45, 7) is 7.79. The number of aromatic hydroxyl groups is 1. The number of sulfonamides is 1. The zero-order chi connectivity index (χ0) is 22.2. The van der Waals surface area contributed by atoms with Crippen molar-refractivity contribution in [3.05, 3.63) is 89.5 Å². The van der Waals surface area contributed by atoms with Gasteiger partial charge < -0.3 is 10.4 Å². The number of hydrogen-bond donors (Lipinski definition) is 2. The van der Waals surface area contributed by atoms with Crippen molar-refractivity contribution in [3.8, 4) is 5.75 Å². The van der Waals surface area contributed by atoms with Gasteiger partial charge in [-0.05, 0) is 54.3 Å². The standard InChI is InChI=1S/C24H25BrN2O3S/c1-3-12-27(13-4-2)31(29,30)17-9-10-22-20(15-17)18-6-5-7-19(18)24(26-22)21-14-16(25)8-11-23(21)28/h3-6,8-11,14-15,18-19,24,26,28H,1-2,7,12-13H2. The third kappa shape index (κ3) is 3.97. The quantitative estimate of drug-likeness (QED) is 0.503. The molecule has 0 fully saturated rings. The van der Waals surface area contributed by atoms with E-state index in [1.807, 2.05) is 18.2 Å². The minimum atomic E-state index is -3.67. The average molecular weight is 501 g/mol. The van der Waals surface area contributed by atoms with E-state index >= 15 is 0 Å². The van der Waals surface area contributed by atoms with Crippen molar-refractivity contribution in [2.75, 3.05) is 18.4 Å². The Hall–Kier alpha value is -2.35. The largest absolute Gasteiger partial charge is 0.508 e. The van der Waals surface area contributed by atoms with Crippen LogP contribution in [-0.4, -0.2) is 30.9 Å². The molecule has 1 aliphatic heterocycles. The molecule has 0 amide bonds. The van der Waals surface area contributed by atoms with E-state index in [4.69, 9.17) is 0 Å². The topological polar surface area (TPSA) is 69.6 Å². The Balaban J connectivity index is 1.75. The Kier molecular flexibility index (Phi) is 6.10. The lowest BCUT2D eigenvalue weighted by molar-refractivity contribution is 0.401. The highest BCUT2D eigenvalue weighted by Gasteiger charge is 2.39. The fraction of sp³-hybridized carbons (Fsp3) is 0.250. The third-order valence-corrected chi connectivity index (χ3v) is 8.28. The molecule has 0 spiro atoms. The lowest BCUT2D eigenvalue weighted by Gasteiger charge is -2.38. The highest BCUT2D eigenvalue weighted by Crippen LogP contribution is 2.51. The number of fused-ring (bicyclic) bond motifs is 3. The Morgan fingerprint density at radius 2 is 1.87 bits per heavy atom. The fourth-order valence-electron chi connectivity index (χ4n) is 4.52. The summed E-state index contributed by atoms with van der Waals surface area (Å²) in [6, 6.07) is 10.6. The first-order valence-corrected chi connectivity index (χ1v) is 12.4. The van der Waals surface area contributed by atoms with Crippen LogP contribution in [0.2, 0.25) is 0 Å². The Labute approximate surface area is 192 Å². The smallest absolute Gasteiger partial charge is 0.243 e. The molecule has 0 saturated carbocycles. The molecule has 162 valence electrons. The van der Waals surface area contributed by atoms with E-state index in [1.54, 1.807) is 30.4 Å². The number of benzene rings is 2. The van der Waals surface area contributed by atoms with Gasteiger partial charge in [-0.3, -0.25) is 0 Å². The van der Waals surface area contributed by atoms with E-state index in [1.165, 1.54) is 4.31 Å². The van der Waals surface area contributed by atoms with Crippen molar-refractivity contribution in [1.82, 2.24) is 4.31 Å². The number of phenols is 1. The summed E-state index contributed by atoms with van der Waals surface area (Å²) in [4.78, 5) is 0.263. The lowest BCUT2D eigenvalue weighted by atomic mass is 9.77. The first-order valence-electron chi connectivity index (χ1n) is 10.1. The van der Waals surface area contributed by atoms with Crippen molar-refractivity contribution in [1.29, 1.82) is 0 Å². The minimum absolute atomic E-state index is 0.0713. The molecule has 5 nitrogen and oxygen atoms in total. The zero-order valence-electron chi connectivity index (χ0n) is 17.0. The molecule has 2 aromatic rings. The summed E-state index contributed by atoms with van der Waals surface area (Å²) < 4.78 is 28.7. The number of allylic oxidation sites excluding steroid dienone is 2. The van der Waals surface area contributed by atoms with Gasteiger partial charge in [-0.2, -0.15) is 4.31 Å². The maximum absolute atomic E-state index is 13.2. The van der Waals surface area contributed by atoms with Crippen LogP contribution in [0.15, 0.2) is 83.2 Å². The second-order valence-corrected chi connectivity index (χ2v) is 10.7. The Bertz CT molecular complexity index is 1150. The van der Waals surface area contributed by atoms with E-state index in [2.05, 4.69) is 46.6 Å². The average Bonchev–Trinajstić information content (AvgIpc) is 3.25. The van der Waals surface area contributed by atoms with E-state index < -0.39 is 10.0 Å². The first-order chi connectivity index (χ1) is 14.9. The SMILES string of the molecule is C=CCN(CC=C)S(=O)(=O)c1ccc2c(c1)C1C=CCC1C(c1cc(Br)ccc1O)N2. The van der Waals surface area contributed by atoms with Gasteiger partial charge in [0.2, 0.25) is 10.0 Å². The van der Waals surface area contributed by atoms with Crippen LogP contribution >= 0.6 is 15.9 Å². The van der Waals surface area contributed by atoms with Crippen LogP contribution in [0.5, 0.6) is 5.75 Å². The van der Waals surface area contributed by atoms with Crippen molar-refractivity contribution < 1.29 is 13.5 Å². The Morgan fingerprint density at radius 1 is 1.13 bits per heavy atom. The van der Waals surface area contributed by atoms with E-state index in [0.717, 1.165) is 27.7 Å². The molecule has 2 aliphatic rings. The number of phenolic OH excluding ortho intramolecular Hbond substituents is 1. The maximum Gasteiger partial charge on any atom is 0.243 e. The summed E-state index contributed by atoms with van der Waals surface area (Å²) in [5.41, 5.74) is 2.68. The van der Waals surface area contributed by atoms with E-state index in [-0.39, 0.29) is 41.6 Å². The summed E-state index contributed by atoms with van der Waals surface area (Å²) in [5.74, 6) is 0.503. The molecule has 0 aromatic heterocycles. The lowest BCUT2D eigenvalue weighted by Crippen LogP contribution is -2.32. The van der Waals surface area contributed by atoms with E-state index in [0.29, 0.717) is 0 Å². The van der Waals surface area contributed by atoms with Crippen LogP contribution in [0.4, 0.5) is 5.69 Å². The van der Waals surface area contributed by atoms with Gasteiger partial charge in [0, 0.05) is 34.7 Å². The molecular weight excluding hydrogens is 476 g/mol. The second kappa shape index (κ2) is 8.65. The monoisotopic (exact) mass is 500 g/mol. The predicted octanol–water partition coefficient (Wildman–Crippen LogP) is 5.34. The van der Waals surface area contributed by atoms with Crippen molar-refractivity contribution in [2.24, 2.45) is 5.92 Å². The van der Waals surface area contributed by atoms with Gasteiger partial charge in [0.1, 0.15) is 5.75 Å². The van der Waals surface area contributed by atoms with Crippen molar-refractivity contribution in [3.63, 3.8) is 0 Å². The summed E-state index contributed by atoms with van der Waals surface area (Å²) in [5, 5.41) is 14.0. The maximum atomic E-state index is 13.2. The predicted molar refractivity (Wildman–Crippen MR) is 128 cm³/mol. The molecule has 0 saturated heterocycles. The van der Waals surface area contributed by atoms with Crippen LogP contribution in [0, 0.1) is 5.92 Å². The fourth-order valence-corrected chi connectivity index (χ4v) is 6.32. The van der Waals surface area contributed by atoms with Gasteiger partial charge in [-0.25, -0.2) is 8.42 Å². The molecule has 31 heavy (non-hydrogen) atoms. The van der Waals surface area contributed by atoms with Crippen LogP contribution in [-0.2, 0) is 10.0 Å². The van der Waals surface area contributed by atoms with Crippen LogP contribution < -0.4 is 5.32 Å². The molecule has 0 bridgehead atoms. The van der Waals surface area contributed by atoms with E-state index in [9.17, 15) is 13.5 Å². The highest BCUT2D eigenvalue weighted by atomic mass is 79.9. The highest BCUT2D eigenvalue weighted by molar-refractivity contribution is 9.10. The molecule has 3 unspecified atom stereocenters. The zero-order valence-corrected chi connectivity index (χ0v) is 19.4. The number of halogens is 1. The molecule has 2 aromatic carbocycles.